The molecule has 0 amide bonds. The maximum absolute atomic E-state index is 2.32. The van der Waals surface area contributed by atoms with E-state index in [0.717, 1.165) is 12.8 Å². The zero-order chi connectivity index (χ0) is 11.5. The first-order chi connectivity index (χ1) is 7.29. The van der Waals surface area contributed by atoms with Gasteiger partial charge in [0.2, 0.25) is 0 Å². The number of hydrogen-bond acceptors (Lipinski definition) is 0. The van der Waals surface area contributed by atoms with Gasteiger partial charge in [-0.05, 0) is 37.3 Å². The molecular formula is C15H26. The van der Waals surface area contributed by atoms with Crippen LogP contribution in [0, 0.1) is 0 Å². The molecule has 0 aromatic heterocycles. The lowest BCUT2D eigenvalue weighted by atomic mass is 10.0. The summed E-state index contributed by atoms with van der Waals surface area (Å²) in [5.41, 5.74) is 2.97. The Hall–Kier alpha value is -0.780. The summed E-state index contributed by atoms with van der Waals surface area (Å²) in [6.45, 7) is 8.79. The van der Waals surface area contributed by atoms with E-state index < -0.39 is 0 Å². The van der Waals surface area contributed by atoms with Crippen LogP contribution in [0.2, 0.25) is 0 Å². The van der Waals surface area contributed by atoms with Gasteiger partial charge in [0.25, 0.3) is 0 Å². The van der Waals surface area contributed by atoms with Crippen molar-refractivity contribution in [3.05, 3.63) is 35.5 Å². The molecule has 0 aliphatic heterocycles. The van der Waals surface area contributed by atoms with Crippen LogP contribution in [0.5, 0.6) is 0 Å². The summed E-state index contributed by atoms with van der Waals surface area (Å²) >= 11 is 0. The molecule has 0 atom stereocenters. The topological polar surface area (TPSA) is 0 Å². The summed E-state index contributed by atoms with van der Waals surface area (Å²) in [7, 11) is 0. The Balaban J connectivity index is 4.49. The third-order valence-electron chi connectivity index (χ3n) is 2.59. The van der Waals surface area contributed by atoms with Gasteiger partial charge < -0.3 is 0 Å². The third kappa shape index (κ3) is 6.33. The zero-order valence-electron chi connectivity index (χ0n) is 10.8. The fourth-order valence-electron chi connectivity index (χ4n) is 1.65. The molecule has 0 unspecified atom stereocenters. The predicted molar refractivity (Wildman–Crippen MR) is 71.1 cm³/mol. The first-order valence-corrected chi connectivity index (χ1v) is 6.31. The molecule has 0 spiro atoms. The third-order valence-corrected chi connectivity index (χ3v) is 2.59. The standard InChI is InChI=1S/C15H26/c1-5-9-10-11-13-15(8-4)14(7-3)12-6-2/h6,11-13H,5,7-10H2,1-4H3/b12-6-,13-11+,15-14+. The van der Waals surface area contributed by atoms with E-state index in [2.05, 4.69) is 52.0 Å². The van der Waals surface area contributed by atoms with Crippen LogP contribution in [0.15, 0.2) is 35.5 Å². The molecule has 15 heavy (non-hydrogen) atoms. The Kier molecular flexibility index (Phi) is 9.26. The Morgan fingerprint density at radius 1 is 0.933 bits per heavy atom. The fraction of sp³-hybridized carbons (Fsp3) is 0.600. The van der Waals surface area contributed by atoms with Crippen LogP contribution in [0.1, 0.15) is 59.8 Å². The van der Waals surface area contributed by atoms with Gasteiger partial charge >= 0.3 is 0 Å². The van der Waals surface area contributed by atoms with Gasteiger partial charge in [0.05, 0.1) is 0 Å². The van der Waals surface area contributed by atoms with E-state index in [0.29, 0.717) is 0 Å². The quantitative estimate of drug-likeness (QED) is 0.385. The summed E-state index contributed by atoms with van der Waals surface area (Å²) in [6.07, 6.45) is 15.1. The summed E-state index contributed by atoms with van der Waals surface area (Å²) < 4.78 is 0. The normalized spacial score (nSPS) is 13.9. The van der Waals surface area contributed by atoms with Gasteiger partial charge in [0, 0.05) is 0 Å². The maximum Gasteiger partial charge on any atom is -0.0305 e. The van der Waals surface area contributed by atoms with E-state index in [4.69, 9.17) is 0 Å². The van der Waals surface area contributed by atoms with E-state index in [9.17, 15) is 0 Å². The highest BCUT2D eigenvalue weighted by molar-refractivity contribution is 5.32. The monoisotopic (exact) mass is 206 g/mol. The van der Waals surface area contributed by atoms with Crippen LogP contribution in [0.3, 0.4) is 0 Å². The average Bonchev–Trinajstić information content (AvgIpc) is 2.27. The van der Waals surface area contributed by atoms with E-state index in [1.165, 1.54) is 30.4 Å². The van der Waals surface area contributed by atoms with Gasteiger partial charge in [-0.2, -0.15) is 0 Å². The molecule has 86 valence electrons. The Bertz CT molecular complexity index is 228. The van der Waals surface area contributed by atoms with Crippen LogP contribution in [0.25, 0.3) is 0 Å². The minimum Gasteiger partial charge on any atom is -0.0874 e. The van der Waals surface area contributed by atoms with Crippen LogP contribution < -0.4 is 0 Å². The van der Waals surface area contributed by atoms with Crippen LogP contribution in [-0.4, -0.2) is 0 Å². The molecular weight excluding hydrogens is 180 g/mol. The molecule has 0 saturated heterocycles. The molecule has 0 aromatic rings. The van der Waals surface area contributed by atoms with Crippen molar-refractivity contribution in [2.24, 2.45) is 0 Å². The second-order valence-corrected chi connectivity index (χ2v) is 3.80. The molecule has 0 bridgehead atoms. The van der Waals surface area contributed by atoms with E-state index in [1.54, 1.807) is 0 Å². The van der Waals surface area contributed by atoms with Crippen molar-refractivity contribution >= 4 is 0 Å². The number of unbranched alkanes of at least 4 members (excludes halogenated alkanes) is 2. The Labute approximate surface area is 95.8 Å². The highest BCUT2D eigenvalue weighted by Crippen LogP contribution is 2.15. The lowest BCUT2D eigenvalue weighted by Gasteiger charge is -2.04. The van der Waals surface area contributed by atoms with Crippen LogP contribution in [-0.2, 0) is 0 Å². The molecule has 0 heterocycles. The number of allylic oxidation sites excluding steroid dienone is 6. The largest absolute Gasteiger partial charge is 0.0874 e. The average molecular weight is 206 g/mol. The van der Waals surface area contributed by atoms with E-state index in [-0.39, 0.29) is 0 Å². The predicted octanol–water partition coefficient (Wildman–Crippen LogP) is 5.43. The second kappa shape index (κ2) is 9.76. The van der Waals surface area contributed by atoms with E-state index >= 15 is 0 Å². The first kappa shape index (κ1) is 14.2. The molecule has 0 aromatic carbocycles. The fourth-order valence-corrected chi connectivity index (χ4v) is 1.65. The SMILES string of the molecule is C\C=C/C(CC)=C(/C=C/CCCC)CC. The summed E-state index contributed by atoms with van der Waals surface area (Å²) in [5, 5.41) is 0. The van der Waals surface area contributed by atoms with Crippen molar-refractivity contribution < 1.29 is 0 Å². The van der Waals surface area contributed by atoms with Gasteiger partial charge in [-0.15, -0.1) is 0 Å². The van der Waals surface area contributed by atoms with Crippen molar-refractivity contribution in [2.45, 2.75) is 59.8 Å². The smallest absolute Gasteiger partial charge is 0.0305 e. The molecule has 0 aliphatic carbocycles. The Morgan fingerprint density at radius 2 is 1.53 bits per heavy atom. The minimum atomic E-state index is 1.13. The lowest BCUT2D eigenvalue weighted by molar-refractivity contribution is 0.814. The van der Waals surface area contributed by atoms with Gasteiger partial charge in [-0.1, -0.05) is 57.9 Å². The first-order valence-electron chi connectivity index (χ1n) is 6.31. The van der Waals surface area contributed by atoms with Crippen molar-refractivity contribution in [1.29, 1.82) is 0 Å². The van der Waals surface area contributed by atoms with E-state index in [1.807, 2.05) is 0 Å². The molecule has 0 nitrogen and oxygen atoms in total. The molecule has 0 fully saturated rings. The number of hydrogen-bond donors (Lipinski definition) is 0. The van der Waals surface area contributed by atoms with Crippen LogP contribution in [0.4, 0.5) is 0 Å². The molecule has 0 heteroatoms. The minimum absolute atomic E-state index is 1.13. The lowest BCUT2D eigenvalue weighted by Crippen LogP contribution is -1.84. The molecule has 0 saturated carbocycles. The van der Waals surface area contributed by atoms with Crippen LogP contribution >= 0.6 is 0 Å². The van der Waals surface area contributed by atoms with Crippen molar-refractivity contribution in [2.75, 3.05) is 0 Å². The Morgan fingerprint density at radius 3 is 2.00 bits per heavy atom. The highest BCUT2D eigenvalue weighted by atomic mass is 14.0. The van der Waals surface area contributed by atoms with Gasteiger partial charge in [0.1, 0.15) is 0 Å². The summed E-state index contributed by atoms with van der Waals surface area (Å²) in [6, 6.07) is 0. The molecule has 0 radical (unpaired) electrons. The van der Waals surface area contributed by atoms with Crippen molar-refractivity contribution in [3.63, 3.8) is 0 Å². The van der Waals surface area contributed by atoms with Gasteiger partial charge in [-0.3, -0.25) is 0 Å². The van der Waals surface area contributed by atoms with Gasteiger partial charge in [0.15, 0.2) is 0 Å². The second-order valence-electron chi connectivity index (χ2n) is 3.80. The summed E-state index contributed by atoms with van der Waals surface area (Å²) in [4.78, 5) is 0. The summed E-state index contributed by atoms with van der Waals surface area (Å²) in [5.74, 6) is 0. The van der Waals surface area contributed by atoms with Crippen molar-refractivity contribution in [3.8, 4) is 0 Å². The maximum atomic E-state index is 2.32. The van der Waals surface area contributed by atoms with Gasteiger partial charge in [-0.25, -0.2) is 0 Å². The van der Waals surface area contributed by atoms with Crippen molar-refractivity contribution in [1.82, 2.24) is 0 Å². The number of rotatable bonds is 7. The molecule has 0 aliphatic rings. The molecule has 0 rings (SSSR count). The zero-order valence-corrected chi connectivity index (χ0v) is 10.8. The highest BCUT2D eigenvalue weighted by Gasteiger charge is 1.95. The molecule has 0 N–H and O–H groups in total.